The number of aryl methyl sites for hydroxylation is 1. The first-order valence-corrected chi connectivity index (χ1v) is 10.2. The van der Waals surface area contributed by atoms with Crippen LogP contribution in [-0.2, 0) is 11.8 Å². The van der Waals surface area contributed by atoms with Crippen LogP contribution in [0.4, 0.5) is 11.5 Å². The molecule has 9 nitrogen and oxygen atoms in total. The third kappa shape index (κ3) is 3.72. The number of benzene rings is 2. The van der Waals surface area contributed by atoms with Crippen LogP contribution in [0.1, 0.15) is 0 Å². The standard InChI is InChI=1S/C24H20N8O/c1-3-21(33)28-16-7-6-8-17(11-16)32-20-10-5-4-9-18(20)30-24(32)22-23(25)26-13-19(29-22)15-12-27-31(2)14-15/h3-14H,1H2,2H3,(H2,25,26)(H,28,33). The highest BCUT2D eigenvalue weighted by molar-refractivity contribution is 5.99. The van der Waals surface area contributed by atoms with Crippen LogP contribution < -0.4 is 11.1 Å². The average Bonchev–Trinajstić information content (AvgIpc) is 3.43. The number of nitrogens with one attached hydrogen (secondary N) is 1. The fraction of sp³-hybridized carbons (Fsp3) is 0.0417. The number of aromatic nitrogens is 6. The van der Waals surface area contributed by atoms with Crippen molar-refractivity contribution in [2.24, 2.45) is 7.05 Å². The van der Waals surface area contributed by atoms with E-state index in [9.17, 15) is 4.79 Å². The van der Waals surface area contributed by atoms with Gasteiger partial charge < -0.3 is 11.1 Å². The van der Waals surface area contributed by atoms with Crippen molar-refractivity contribution in [3.8, 4) is 28.5 Å². The van der Waals surface area contributed by atoms with Crippen LogP contribution in [0.5, 0.6) is 0 Å². The number of rotatable bonds is 5. The number of nitrogen functional groups attached to an aromatic ring is 1. The summed E-state index contributed by atoms with van der Waals surface area (Å²) >= 11 is 0. The van der Waals surface area contributed by atoms with Gasteiger partial charge in [0.15, 0.2) is 11.6 Å². The van der Waals surface area contributed by atoms with Gasteiger partial charge in [-0.05, 0) is 36.4 Å². The molecule has 0 saturated heterocycles. The van der Waals surface area contributed by atoms with Gasteiger partial charge in [-0.25, -0.2) is 15.0 Å². The minimum absolute atomic E-state index is 0.260. The van der Waals surface area contributed by atoms with E-state index in [1.165, 1.54) is 6.08 Å². The summed E-state index contributed by atoms with van der Waals surface area (Å²) in [6.07, 6.45) is 6.43. The largest absolute Gasteiger partial charge is 0.382 e. The molecule has 0 unspecified atom stereocenters. The molecule has 33 heavy (non-hydrogen) atoms. The lowest BCUT2D eigenvalue weighted by Crippen LogP contribution is -2.08. The average molecular weight is 436 g/mol. The van der Waals surface area contributed by atoms with Gasteiger partial charge in [0.05, 0.1) is 29.1 Å². The van der Waals surface area contributed by atoms with E-state index in [0.29, 0.717) is 22.9 Å². The van der Waals surface area contributed by atoms with Crippen molar-refractivity contribution in [2.45, 2.75) is 0 Å². The van der Waals surface area contributed by atoms with E-state index in [4.69, 9.17) is 15.7 Å². The number of amides is 1. The summed E-state index contributed by atoms with van der Waals surface area (Å²) in [5, 5.41) is 7.01. The van der Waals surface area contributed by atoms with E-state index in [1.54, 1.807) is 23.1 Å². The summed E-state index contributed by atoms with van der Waals surface area (Å²) in [4.78, 5) is 25.8. The summed E-state index contributed by atoms with van der Waals surface area (Å²) in [7, 11) is 1.84. The SMILES string of the molecule is C=CC(=O)Nc1cccc(-n2c(-c3nc(-c4cnn(C)c4)cnc3N)nc3ccccc32)c1. The Kier molecular flexibility index (Phi) is 4.91. The number of para-hydroxylation sites is 2. The quantitative estimate of drug-likeness (QED) is 0.407. The van der Waals surface area contributed by atoms with Crippen LogP contribution in [-0.4, -0.2) is 35.2 Å². The maximum Gasteiger partial charge on any atom is 0.247 e. The topological polar surface area (TPSA) is 117 Å². The molecular formula is C24H20N8O. The molecule has 3 aromatic heterocycles. The van der Waals surface area contributed by atoms with E-state index in [2.05, 4.69) is 22.0 Å². The first-order valence-electron chi connectivity index (χ1n) is 10.2. The van der Waals surface area contributed by atoms with Gasteiger partial charge >= 0.3 is 0 Å². The summed E-state index contributed by atoms with van der Waals surface area (Å²) < 4.78 is 3.65. The molecule has 0 aliphatic rings. The molecule has 5 rings (SSSR count). The molecule has 0 spiro atoms. The number of imidazole rings is 1. The molecule has 5 aromatic rings. The monoisotopic (exact) mass is 436 g/mol. The highest BCUT2D eigenvalue weighted by atomic mass is 16.1. The molecule has 0 atom stereocenters. The molecule has 9 heteroatoms. The minimum Gasteiger partial charge on any atom is -0.382 e. The van der Waals surface area contributed by atoms with Crippen LogP contribution in [0.2, 0.25) is 0 Å². The van der Waals surface area contributed by atoms with Gasteiger partial charge in [0.2, 0.25) is 5.91 Å². The molecule has 1 amide bonds. The second kappa shape index (κ2) is 8.04. The zero-order valence-corrected chi connectivity index (χ0v) is 17.8. The fourth-order valence-electron chi connectivity index (χ4n) is 3.62. The first-order chi connectivity index (χ1) is 16.0. The Morgan fingerprint density at radius 3 is 2.76 bits per heavy atom. The molecule has 0 radical (unpaired) electrons. The number of nitrogens with two attached hydrogens (primary N) is 1. The minimum atomic E-state index is -0.290. The van der Waals surface area contributed by atoms with Gasteiger partial charge in [0.25, 0.3) is 0 Å². The van der Waals surface area contributed by atoms with E-state index < -0.39 is 0 Å². The third-order valence-electron chi connectivity index (χ3n) is 5.13. The van der Waals surface area contributed by atoms with Gasteiger partial charge in [-0.1, -0.05) is 24.8 Å². The van der Waals surface area contributed by atoms with Gasteiger partial charge in [-0.2, -0.15) is 5.10 Å². The van der Waals surface area contributed by atoms with Gasteiger partial charge in [-0.3, -0.25) is 14.0 Å². The molecule has 2 aromatic carbocycles. The van der Waals surface area contributed by atoms with E-state index in [-0.39, 0.29) is 11.7 Å². The second-order valence-electron chi connectivity index (χ2n) is 7.40. The predicted octanol–water partition coefficient (Wildman–Crippen LogP) is 3.59. The second-order valence-corrected chi connectivity index (χ2v) is 7.40. The smallest absolute Gasteiger partial charge is 0.247 e. The lowest BCUT2D eigenvalue weighted by atomic mass is 10.2. The Hall–Kier alpha value is -4.79. The van der Waals surface area contributed by atoms with Gasteiger partial charge in [-0.15, -0.1) is 0 Å². The molecular weight excluding hydrogens is 416 g/mol. The number of hydrogen-bond donors (Lipinski definition) is 2. The van der Waals surface area contributed by atoms with Crippen molar-refractivity contribution >= 4 is 28.4 Å². The summed E-state index contributed by atoms with van der Waals surface area (Å²) in [6.45, 7) is 3.51. The van der Waals surface area contributed by atoms with Crippen LogP contribution in [0.3, 0.4) is 0 Å². The highest BCUT2D eigenvalue weighted by Gasteiger charge is 2.20. The van der Waals surface area contributed by atoms with E-state index in [0.717, 1.165) is 22.3 Å². The van der Waals surface area contributed by atoms with E-state index >= 15 is 0 Å². The van der Waals surface area contributed by atoms with Crippen molar-refractivity contribution in [3.05, 3.63) is 79.8 Å². The summed E-state index contributed by atoms with van der Waals surface area (Å²) in [5.74, 6) is 0.511. The maximum absolute atomic E-state index is 11.8. The summed E-state index contributed by atoms with van der Waals surface area (Å²) in [6, 6.07) is 15.2. The third-order valence-corrected chi connectivity index (χ3v) is 5.13. The maximum atomic E-state index is 11.8. The molecule has 0 saturated carbocycles. The normalized spacial score (nSPS) is 10.9. The van der Waals surface area contributed by atoms with Crippen molar-refractivity contribution in [2.75, 3.05) is 11.1 Å². The molecule has 0 fully saturated rings. The lowest BCUT2D eigenvalue weighted by molar-refractivity contribution is -0.111. The van der Waals surface area contributed by atoms with Crippen LogP contribution >= 0.6 is 0 Å². The van der Waals surface area contributed by atoms with Crippen LogP contribution in [0.15, 0.2) is 79.8 Å². The van der Waals surface area contributed by atoms with Gasteiger partial charge in [0.1, 0.15) is 5.69 Å². The van der Waals surface area contributed by atoms with E-state index in [1.807, 2.05) is 60.3 Å². The van der Waals surface area contributed by atoms with Crippen molar-refractivity contribution < 1.29 is 4.79 Å². The number of carbonyl (C=O) groups excluding carboxylic acids is 1. The fourth-order valence-corrected chi connectivity index (χ4v) is 3.62. The number of nitrogens with zero attached hydrogens (tertiary/aromatic N) is 6. The van der Waals surface area contributed by atoms with Crippen molar-refractivity contribution in [1.82, 2.24) is 29.3 Å². The number of hydrogen-bond acceptors (Lipinski definition) is 6. The lowest BCUT2D eigenvalue weighted by Gasteiger charge is -2.12. The van der Waals surface area contributed by atoms with Crippen LogP contribution in [0, 0.1) is 0 Å². The zero-order valence-electron chi connectivity index (χ0n) is 17.8. The number of fused-ring (bicyclic) bond motifs is 1. The van der Waals surface area contributed by atoms with Crippen molar-refractivity contribution in [3.63, 3.8) is 0 Å². The molecule has 3 heterocycles. The molecule has 0 bridgehead atoms. The van der Waals surface area contributed by atoms with Gasteiger partial charge in [0, 0.05) is 30.2 Å². The van der Waals surface area contributed by atoms with Crippen molar-refractivity contribution in [1.29, 1.82) is 0 Å². The Morgan fingerprint density at radius 2 is 1.97 bits per heavy atom. The Bertz CT molecular complexity index is 1510. The highest BCUT2D eigenvalue weighted by Crippen LogP contribution is 2.32. The molecule has 0 aliphatic carbocycles. The Morgan fingerprint density at radius 1 is 1.12 bits per heavy atom. The number of carbonyl (C=O) groups is 1. The predicted molar refractivity (Wildman–Crippen MR) is 128 cm³/mol. The molecule has 0 aliphatic heterocycles. The summed E-state index contributed by atoms with van der Waals surface area (Å²) in [5.41, 5.74) is 11.2. The first kappa shape index (κ1) is 20.1. The molecule has 3 N–H and O–H groups in total. The van der Waals surface area contributed by atoms with Crippen LogP contribution in [0.25, 0.3) is 39.5 Å². The zero-order chi connectivity index (χ0) is 22.9. The number of anilines is 2. The molecule has 162 valence electrons. The Labute approximate surface area is 189 Å². The Balaban J connectivity index is 1.72.